The summed E-state index contributed by atoms with van der Waals surface area (Å²) < 4.78 is 19.2. The number of halogens is 2. The van der Waals surface area contributed by atoms with Crippen LogP contribution < -0.4 is 0 Å². The Morgan fingerprint density at radius 2 is 1.00 bits per heavy atom. The van der Waals surface area contributed by atoms with Gasteiger partial charge in [-0.3, -0.25) is 0 Å². The second-order valence-corrected chi connectivity index (χ2v) is 0.208. The summed E-state index contributed by atoms with van der Waals surface area (Å²) in [6, 6.07) is 0. The average molecular weight is 130 g/mol. The zero-order valence-electron chi connectivity index (χ0n) is 2.11. The first-order chi connectivity index (χ1) is 1.41. The maximum atomic E-state index is 9.62. The summed E-state index contributed by atoms with van der Waals surface area (Å²) in [6.07, 6.45) is 0. The van der Waals surface area contributed by atoms with E-state index in [1.807, 2.05) is 0 Å². The van der Waals surface area contributed by atoms with Crippen LogP contribution >= 0.6 is 0 Å². The van der Waals surface area contributed by atoms with Crippen molar-refractivity contribution in [2.45, 2.75) is 0 Å². The first kappa shape index (κ1) is 18.5. The third kappa shape index (κ3) is 253. The summed E-state index contributed by atoms with van der Waals surface area (Å²) in [4.78, 5) is 0. The van der Waals surface area contributed by atoms with Crippen LogP contribution in [0.5, 0.6) is 0 Å². The summed E-state index contributed by atoms with van der Waals surface area (Å²) in [5.41, 5.74) is 0. The van der Waals surface area contributed by atoms with E-state index in [1.165, 1.54) is 0 Å². The molecule has 0 heterocycles. The Labute approximate surface area is 34.9 Å². The first-order valence-electron chi connectivity index (χ1n) is 0.267. The Morgan fingerprint density at radius 3 is 1.00 bits per heavy atom. The second kappa shape index (κ2) is 27.7. The topological polar surface area (TPSA) is 63.0 Å². The molecule has 0 aliphatic carbocycles. The van der Waals surface area contributed by atoms with Crippen LogP contribution in [0.25, 0.3) is 0 Å². The Morgan fingerprint density at radius 1 is 1.00 bits per heavy atom. The summed E-state index contributed by atoms with van der Waals surface area (Å²) >= 11 is -1.75. The van der Waals surface area contributed by atoms with Gasteiger partial charge in [0.2, 0.25) is 0 Å². The third-order valence-electron chi connectivity index (χ3n) is 0. The van der Waals surface area contributed by atoms with Crippen LogP contribution in [0.4, 0.5) is 7.10 Å². The molecule has 0 saturated carbocycles. The van der Waals surface area contributed by atoms with E-state index >= 15 is 0 Å². The van der Waals surface area contributed by atoms with Crippen molar-refractivity contribution in [3.63, 3.8) is 0 Å². The van der Waals surface area contributed by atoms with Crippen molar-refractivity contribution in [1.29, 1.82) is 0 Å². The SMILES string of the molecule is O.O.[F][Fe][F]. The molecule has 4 N–H and O–H groups in total. The quantitative estimate of drug-likeness (QED) is 0.385. The van der Waals surface area contributed by atoms with Gasteiger partial charge in [-0.1, -0.05) is 0 Å². The third-order valence-corrected chi connectivity index (χ3v) is 0. The molecule has 0 aromatic heterocycles. The predicted octanol–water partition coefficient (Wildman–Crippen LogP) is -0.811. The van der Waals surface area contributed by atoms with Gasteiger partial charge in [0.15, 0.2) is 0 Å². The van der Waals surface area contributed by atoms with Crippen molar-refractivity contribution in [2.24, 2.45) is 0 Å². The van der Waals surface area contributed by atoms with Gasteiger partial charge in [0, 0.05) is 0 Å². The van der Waals surface area contributed by atoms with Crippen LogP contribution in [0.2, 0.25) is 0 Å². The minimum atomic E-state index is -1.75. The summed E-state index contributed by atoms with van der Waals surface area (Å²) in [5, 5.41) is 0. The normalized spacial score (nSPS) is 4.40. The van der Waals surface area contributed by atoms with Gasteiger partial charge in [0.1, 0.15) is 0 Å². The van der Waals surface area contributed by atoms with E-state index in [4.69, 9.17) is 0 Å². The van der Waals surface area contributed by atoms with Gasteiger partial charge in [-0.15, -0.1) is 0 Å². The monoisotopic (exact) mass is 130 g/mol. The molecule has 0 unspecified atom stereocenters. The van der Waals surface area contributed by atoms with Gasteiger partial charge in [-0.05, 0) is 0 Å². The van der Waals surface area contributed by atoms with E-state index in [9.17, 15) is 7.10 Å². The van der Waals surface area contributed by atoms with Crippen molar-refractivity contribution in [3.8, 4) is 0 Å². The van der Waals surface area contributed by atoms with Crippen LogP contribution in [0.1, 0.15) is 0 Å². The van der Waals surface area contributed by atoms with E-state index in [0.29, 0.717) is 0 Å². The molecule has 0 radical (unpaired) electrons. The first-order valence-corrected chi connectivity index (χ1v) is 1.10. The molecule has 0 atom stereocenters. The Kier molecular flexibility index (Phi) is 103. The fourth-order valence-corrected chi connectivity index (χ4v) is 0. The number of hydrogen-bond acceptors (Lipinski definition) is 0. The molecule has 0 rings (SSSR count). The molecule has 0 aliphatic heterocycles. The van der Waals surface area contributed by atoms with Crippen molar-refractivity contribution in [1.82, 2.24) is 0 Å². The molecule has 5 heavy (non-hydrogen) atoms. The molecule has 0 aromatic rings. The van der Waals surface area contributed by atoms with E-state index in [1.54, 1.807) is 0 Å². The van der Waals surface area contributed by atoms with Gasteiger partial charge < -0.3 is 11.0 Å². The van der Waals surface area contributed by atoms with Crippen molar-refractivity contribution in [3.05, 3.63) is 0 Å². The number of rotatable bonds is 0. The van der Waals surface area contributed by atoms with E-state index in [-0.39, 0.29) is 11.0 Å². The molecule has 0 aliphatic rings. The molecular formula is H4F2FeO2. The molecule has 5 heteroatoms. The average Bonchev–Trinajstić information content (AvgIpc) is 0.918. The molecule has 0 spiro atoms. The summed E-state index contributed by atoms with van der Waals surface area (Å²) in [6.45, 7) is 0. The maximum absolute atomic E-state index is 9.62. The number of hydrogen-bond donors (Lipinski definition) is 0. The fourth-order valence-electron chi connectivity index (χ4n) is 0. The molecule has 0 amide bonds. The van der Waals surface area contributed by atoms with Gasteiger partial charge in [0.05, 0.1) is 0 Å². The molecule has 38 valence electrons. The molecular weight excluding hydrogens is 126 g/mol. The van der Waals surface area contributed by atoms with Crippen LogP contribution in [0.15, 0.2) is 0 Å². The Balaban J connectivity index is -0.0000000200. The fraction of sp³-hybridized carbons (Fsp3) is 0. The van der Waals surface area contributed by atoms with Crippen molar-refractivity contribution < 1.29 is 33.9 Å². The van der Waals surface area contributed by atoms with Crippen molar-refractivity contribution in [2.75, 3.05) is 0 Å². The van der Waals surface area contributed by atoms with Crippen LogP contribution in [0.3, 0.4) is 0 Å². The zero-order chi connectivity index (χ0) is 2.71. The minimum absolute atomic E-state index is 0. The molecule has 0 saturated heterocycles. The van der Waals surface area contributed by atoms with Gasteiger partial charge in [-0.2, -0.15) is 0 Å². The molecule has 0 bridgehead atoms. The van der Waals surface area contributed by atoms with E-state index in [2.05, 4.69) is 0 Å². The zero-order valence-corrected chi connectivity index (χ0v) is 3.21. The van der Waals surface area contributed by atoms with Gasteiger partial charge in [-0.25, -0.2) is 0 Å². The predicted molar refractivity (Wildman–Crippen MR) is 9.44 cm³/mol. The molecule has 0 fully saturated rings. The van der Waals surface area contributed by atoms with Crippen LogP contribution in [0, 0.1) is 0 Å². The Hall–Kier alpha value is 0.299. The standard InChI is InChI=1S/2FH.Fe.2H2O/h2*1H;;2*1H2/q;;+2;;/p-2. The van der Waals surface area contributed by atoms with E-state index < -0.39 is 15.9 Å². The molecule has 2 nitrogen and oxygen atoms in total. The van der Waals surface area contributed by atoms with Crippen LogP contribution in [-0.2, 0) is 15.9 Å². The Bertz CT molecular complexity index is 7.61. The van der Waals surface area contributed by atoms with Gasteiger partial charge >= 0.3 is 23.0 Å². The second-order valence-electron chi connectivity index (χ2n) is 0.0505. The summed E-state index contributed by atoms with van der Waals surface area (Å²) in [5.74, 6) is 0. The summed E-state index contributed by atoms with van der Waals surface area (Å²) in [7, 11) is 0. The van der Waals surface area contributed by atoms with Crippen LogP contribution in [-0.4, -0.2) is 11.0 Å². The van der Waals surface area contributed by atoms with E-state index in [0.717, 1.165) is 0 Å². The molecule has 0 aromatic carbocycles. The van der Waals surface area contributed by atoms with Gasteiger partial charge in [0.25, 0.3) is 0 Å². The van der Waals surface area contributed by atoms with Crippen molar-refractivity contribution >= 4 is 0 Å².